The standard InChI is InChI=1S/C11H20N4/c1-5-7-10(6-2)13-11-12-8(3)9(4)14-15-11/h10H,5-7H2,1-4H3,(H,12,13,15). The summed E-state index contributed by atoms with van der Waals surface area (Å²) in [6.07, 6.45) is 3.40. The van der Waals surface area contributed by atoms with Crippen molar-refractivity contribution in [3.8, 4) is 0 Å². The van der Waals surface area contributed by atoms with Crippen LogP contribution in [-0.2, 0) is 0 Å². The van der Waals surface area contributed by atoms with Crippen LogP contribution in [0.1, 0.15) is 44.5 Å². The first-order valence-corrected chi connectivity index (χ1v) is 5.61. The molecule has 4 nitrogen and oxygen atoms in total. The SMILES string of the molecule is CCCC(CC)Nc1nnc(C)c(C)n1. The summed E-state index contributed by atoms with van der Waals surface area (Å²) >= 11 is 0. The van der Waals surface area contributed by atoms with Crippen molar-refractivity contribution in [3.05, 3.63) is 11.4 Å². The Morgan fingerprint density at radius 2 is 1.87 bits per heavy atom. The number of rotatable bonds is 5. The smallest absolute Gasteiger partial charge is 0.243 e. The van der Waals surface area contributed by atoms with Crippen molar-refractivity contribution in [1.82, 2.24) is 15.2 Å². The highest BCUT2D eigenvalue weighted by Crippen LogP contribution is 2.08. The van der Waals surface area contributed by atoms with Crippen LogP contribution in [0.2, 0.25) is 0 Å². The first-order valence-electron chi connectivity index (χ1n) is 5.61. The van der Waals surface area contributed by atoms with E-state index in [0.29, 0.717) is 12.0 Å². The third-order valence-electron chi connectivity index (χ3n) is 2.56. The van der Waals surface area contributed by atoms with Crippen LogP contribution in [0.3, 0.4) is 0 Å². The predicted molar refractivity (Wildman–Crippen MR) is 61.9 cm³/mol. The molecule has 15 heavy (non-hydrogen) atoms. The Morgan fingerprint density at radius 1 is 1.13 bits per heavy atom. The molecule has 0 aliphatic carbocycles. The second-order valence-corrected chi connectivity index (χ2v) is 3.84. The second kappa shape index (κ2) is 5.63. The summed E-state index contributed by atoms with van der Waals surface area (Å²) < 4.78 is 0. The molecular weight excluding hydrogens is 188 g/mol. The summed E-state index contributed by atoms with van der Waals surface area (Å²) in [5.74, 6) is 0.651. The average Bonchev–Trinajstić information content (AvgIpc) is 2.23. The third-order valence-corrected chi connectivity index (χ3v) is 2.56. The predicted octanol–water partition coefficient (Wildman–Crippen LogP) is 2.48. The van der Waals surface area contributed by atoms with Crippen LogP contribution in [0.25, 0.3) is 0 Å². The molecule has 0 aliphatic rings. The molecule has 1 unspecified atom stereocenters. The van der Waals surface area contributed by atoms with E-state index in [1.165, 1.54) is 6.42 Å². The zero-order chi connectivity index (χ0) is 11.3. The maximum absolute atomic E-state index is 4.36. The van der Waals surface area contributed by atoms with Gasteiger partial charge in [-0.2, -0.15) is 5.10 Å². The van der Waals surface area contributed by atoms with Crippen molar-refractivity contribution in [2.75, 3.05) is 5.32 Å². The summed E-state index contributed by atoms with van der Waals surface area (Å²) in [6, 6.07) is 0.457. The molecule has 84 valence electrons. The molecule has 0 aromatic carbocycles. The number of hydrogen-bond donors (Lipinski definition) is 1. The highest BCUT2D eigenvalue weighted by molar-refractivity contribution is 5.26. The molecule has 1 aromatic rings. The zero-order valence-electron chi connectivity index (χ0n) is 10.0. The maximum Gasteiger partial charge on any atom is 0.243 e. The third kappa shape index (κ3) is 3.46. The molecule has 1 N–H and O–H groups in total. The summed E-state index contributed by atoms with van der Waals surface area (Å²) in [5, 5.41) is 11.4. The number of nitrogens with zero attached hydrogens (tertiary/aromatic N) is 3. The Labute approximate surface area is 91.5 Å². The largest absolute Gasteiger partial charge is 0.350 e. The topological polar surface area (TPSA) is 50.7 Å². The van der Waals surface area contributed by atoms with Gasteiger partial charge < -0.3 is 5.32 Å². The van der Waals surface area contributed by atoms with Gasteiger partial charge >= 0.3 is 0 Å². The van der Waals surface area contributed by atoms with Crippen molar-refractivity contribution in [2.24, 2.45) is 0 Å². The molecule has 1 atom stereocenters. The molecule has 0 saturated carbocycles. The van der Waals surface area contributed by atoms with Gasteiger partial charge in [-0.15, -0.1) is 5.10 Å². The van der Waals surface area contributed by atoms with E-state index in [1.54, 1.807) is 0 Å². The van der Waals surface area contributed by atoms with Crippen LogP contribution in [0, 0.1) is 13.8 Å². The Balaban J connectivity index is 2.66. The van der Waals surface area contributed by atoms with Crippen molar-refractivity contribution >= 4 is 5.95 Å². The lowest BCUT2D eigenvalue weighted by Gasteiger charge is -2.15. The molecule has 0 radical (unpaired) electrons. The molecule has 1 aromatic heterocycles. The van der Waals surface area contributed by atoms with Crippen molar-refractivity contribution in [2.45, 2.75) is 53.0 Å². The fraction of sp³-hybridized carbons (Fsp3) is 0.727. The molecule has 0 amide bonds. The monoisotopic (exact) mass is 208 g/mol. The fourth-order valence-electron chi connectivity index (χ4n) is 1.43. The fourth-order valence-corrected chi connectivity index (χ4v) is 1.43. The Morgan fingerprint density at radius 3 is 2.40 bits per heavy atom. The van der Waals surface area contributed by atoms with E-state index in [4.69, 9.17) is 0 Å². The van der Waals surface area contributed by atoms with Gasteiger partial charge in [0.05, 0.1) is 11.4 Å². The molecule has 0 saturated heterocycles. The molecule has 1 heterocycles. The van der Waals surface area contributed by atoms with Crippen LogP contribution in [0.4, 0.5) is 5.95 Å². The van der Waals surface area contributed by atoms with Gasteiger partial charge in [-0.05, 0) is 26.7 Å². The molecule has 0 spiro atoms. The van der Waals surface area contributed by atoms with Crippen molar-refractivity contribution in [3.63, 3.8) is 0 Å². The normalized spacial score (nSPS) is 12.5. The van der Waals surface area contributed by atoms with Crippen LogP contribution in [0.15, 0.2) is 0 Å². The Bertz CT molecular complexity index is 311. The van der Waals surface area contributed by atoms with Gasteiger partial charge in [0, 0.05) is 6.04 Å². The van der Waals surface area contributed by atoms with E-state index in [1.807, 2.05) is 13.8 Å². The number of nitrogens with one attached hydrogen (secondary N) is 1. The molecule has 1 rings (SSSR count). The first kappa shape index (κ1) is 11.9. The summed E-state index contributed by atoms with van der Waals surface area (Å²) in [5.41, 5.74) is 1.84. The van der Waals surface area contributed by atoms with Gasteiger partial charge in [-0.3, -0.25) is 0 Å². The average molecular weight is 208 g/mol. The first-order chi connectivity index (χ1) is 7.17. The van der Waals surface area contributed by atoms with Crippen LogP contribution in [-0.4, -0.2) is 21.2 Å². The highest BCUT2D eigenvalue weighted by Gasteiger charge is 2.07. The number of aromatic nitrogens is 3. The number of aryl methyl sites for hydroxylation is 2. The summed E-state index contributed by atoms with van der Waals surface area (Å²) in [6.45, 7) is 8.23. The van der Waals surface area contributed by atoms with E-state index in [9.17, 15) is 0 Å². The Kier molecular flexibility index (Phi) is 4.46. The minimum atomic E-state index is 0.457. The second-order valence-electron chi connectivity index (χ2n) is 3.84. The lowest BCUT2D eigenvalue weighted by molar-refractivity contribution is 0.614. The number of hydrogen-bond acceptors (Lipinski definition) is 4. The van der Waals surface area contributed by atoms with Crippen molar-refractivity contribution in [1.29, 1.82) is 0 Å². The van der Waals surface area contributed by atoms with Crippen molar-refractivity contribution < 1.29 is 0 Å². The van der Waals surface area contributed by atoms with Gasteiger partial charge in [0.1, 0.15) is 0 Å². The Hall–Kier alpha value is -1.19. The van der Waals surface area contributed by atoms with E-state index in [-0.39, 0.29) is 0 Å². The van der Waals surface area contributed by atoms with E-state index >= 15 is 0 Å². The van der Waals surface area contributed by atoms with E-state index < -0.39 is 0 Å². The molecule has 0 aliphatic heterocycles. The van der Waals surface area contributed by atoms with Gasteiger partial charge in [-0.1, -0.05) is 20.3 Å². The molecule has 0 fully saturated rings. The van der Waals surface area contributed by atoms with Crippen LogP contribution in [0.5, 0.6) is 0 Å². The van der Waals surface area contributed by atoms with Gasteiger partial charge in [0.25, 0.3) is 0 Å². The van der Waals surface area contributed by atoms with E-state index in [2.05, 4.69) is 34.3 Å². The zero-order valence-corrected chi connectivity index (χ0v) is 10.0. The quantitative estimate of drug-likeness (QED) is 0.807. The van der Waals surface area contributed by atoms with Crippen LogP contribution < -0.4 is 5.32 Å². The minimum Gasteiger partial charge on any atom is -0.350 e. The lowest BCUT2D eigenvalue weighted by atomic mass is 10.1. The molecule has 4 heteroatoms. The molecular formula is C11H20N4. The number of anilines is 1. The van der Waals surface area contributed by atoms with Gasteiger partial charge in [-0.25, -0.2) is 4.98 Å². The van der Waals surface area contributed by atoms with Gasteiger partial charge in [0.15, 0.2) is 0 Å². The van der Waals surface area contributed by atoms with Gasteiger partial charge in [0.2, 0.25) is 5.95 Å². The van der Waals surface area contributed by atoms with Crippen LogP contribution >= 0.6 is 0 Å². The minimum absolute atomic E-state index is 0.457. The highest BCUT2D eigenvalue weighted by atomic mass is 15.2. The lowest BCUT2D eigenvalue weighted by Crippen LogP contribution is -2.20. The maximum atomic E-state index is 4.36. The summed E-state index contributed by atoms with van der Waals surface area (Å²) in [4.78, 5) is 4.36. The summed E-state index contributed by atoms with van der Waals surface area (Å²) in [7, 11) is 0. The van der Waals surface area contributed by atoms with E-state index in [0.717, 1.165) is 24.2 Å². The molecule has 0 bridgehead atoms.